The molecule has 5 aliphatic rings. The number of piperidine rings is 1. The average molecular weight is 1050 g/mol. The molecule has 4 aliphatic heterocycles. The van der Waals surface area contributed by atoms with E-state index in [1.807, 2.05) is 75.0 Å². The Morgan fingerprint density at radius 3 is 2.39 bits per heavy atom. The zero-order chi connectivity index (χ0) is 53.3. The predicted octanol–water partition coefficient (Wildman–Crippen LogP) is 5.61. The Kier molecular flexibility index (Phi) is 15.0. The van der Waals surface area contributed by atoms with Gasteiger partial charge in [-0.15, -0.1) is 10.2 Å². The van der Waals surface area contributed by atoms with Crippen LogP contribution >= 0.6 is 0 Å². The third-order valence-corrected chi connectivity index (χ3v) is 16.0. The van der Waals surface area contributed by atoms with Gasteiger partial charge in [0.1, 0.15) is 42.1 Å². The van der Waals surface area contributed by atoms with E-state index in [0.29, 0.717) is 47.7 Å². The number of imidazole rings is 1. The molecule has 77 heavy (non-hydrogen) atoms. The molecule has 21 heteroatoms. The number of nitrogens with zero attached hydrogens (tertiary/aromatic N) is 11. The van der Waals surface area contributed by atoms with Crippen LogP contribution in [0.4, 0.5) is 17.2 Å². The molecule has 1 aromatic carbocycles. The summed E-state index contributed by atoms with van der Waals surface area (Å²) in [5.41, 5.74) is 10.4. The molecule has 1 unspecified atom stereocenters. The topological polar surface area (TPSA) is 249 Å². The lowest BCUT2D eigenvalue weighted by Crippen LogP contribution is -2.54. The summed E-state index contributed by atoms with van der Waals surface area (Å²) in [5.74, 6) is 1.77. The van der Waals surface area contributed by atoms with Crippen LogP contribution in [-0.4, -0.2) is 155 Å². The molecule has 2 bridgehead atoms. The number of phenols is 1. The van der Waals surface area contributed by atoms with Gasteiger partial charge in [-0.2, -0.15) is 0 Å². The third kappa shape index (κ3) is 11.2. The maximum absolute atomic E-state index is 14.2. The number of aromatic hydroxyl groups is 1. The maximum Gasteiger partial charge on any atom is 0.254 e. The Balaban J connectivity index is 0.601. The number of aliphatic hydroxyl groups is 1. The van der Waals surface area contributed by atoms with Crippen LogP contribution in [0.15, 0.2) is 90.0 Å². The zero-order valence-electron chi connectivity index (χ0n) is 44.1. The number of carbonyl (C=O) groups is 2. The highest BCUT2D eigenvalue weighted by Gasteiger charge is 2.45. The first-order valence-electron chi connectivity index (χ1n) is 27.1. The monoisotopic (exact) mass is 1050 g/mol. The number of para-hydroxylation sites is 1. The SMILES string of the molecule is Cc1nccn1-c1ccc([C@H](C)NC(=O)[C@@H]2C[C@@H](O)CN2C(=O)[C@@H](c2cc(OCCN3CCC(OC4CC(Oc5cc(N6C7CC[C@@H]6CN(c6cc(-c8ccccc8O)nnc6N)C7)ccn5)C4)CC3)no2)C(C)C)cn1. The third-order valence-electron chi connectivity index (χ3n) is 16.0. The number of hydrogen-bond acceptors (Lipinski definition) is 18. The van der Waals surface area contributed by atoms with Gasteiger partial charge in [0, 0.05) is 119 Å². The molecular formula is C56H69N13O8. The zero-order valence-corrected chi connectivity index (χ0v) is 44.1. The number of aliphatic hydroxyl groups excluding tert-OH is 1. The Morgan fingerprint density at radius 1 is 0.870 bits per heavy atom. The van der Waals surface area contributed by atoms with Gasteiger partial charge in [0.05, 0.1) is 35.7 Å². The lowest BCUT2D eigenvalue weighted by Gasteiger charge is -2.43. The van der Waals surface area contributed by atoms with Crippen LogP contribution in [0.2, 0.25) is 0 Å². The normalized spacial score (nSPS) is 23.5. The number of benzene rings is 1. The summed E-state index contributed by atoms with van der Waals surface area (Å²) < 4.78 is 26.6. The number of pyridine rings is 2. The summed E-state index contributed by atoms with van der Waals surface area (Å²) in [6.07, 6.45) is 12.4. The molecule has 6 aromatic rings. The lowest BCUT2D eigenvalue weighted by atomic mass is 9.91. The highest BCUT2D eigenvalue weighted by atomic mass is 16.5. The minimum atomic E-state index is -0.856. The summed E-state index contributed by atoms with van der Waals surface area (Å²) >= 11 is 0. The summed E-state index contributed by atoms with van der Waals surface area (Å²) in [6.45, 7) is 12.1. The van der Waals surface area contributed by atoms with Gasteiger partial charge in [0.15, 0.2) is 11.6 Å². The van der Waals surface area contributed by atoms with Crippen molar-refractivity contribution in [3.8, 4) is 34.6 Å². The Bertz CT molecular complexity index is 3000. The van der Waals surface area contributed by atoms with Crippen LogP contribution in [0.5, 0.6) is 17.5 Å². The van der Waals surface area contributed by atoms with Gasteiger partial charge in [-0.05, 0) is 86.5 Å². The fraction of sp³-hybridized carbons (Fsp3) is 0.500. The molecular weight excluding hydrogens is 983 g/mol. The van der Waals surface area contributed by atoms with E-state index in [1.54, 1.807) is 30.6 Å². The molecule has 0 spiro atoms. The fourth-order valence-corrected chi connectivity index (χ4v) is 11.8. The number of ether oxygens (including phenoxy) is 3. The van der Waals surface area contributed by atoms with Crippen molar-refractivity contribution in [3.63, 3.8) is 0 Å². The average Bonchev–Trinajstić information content (AvgIpc) is 4.22. The number of hydrogen-bond donors (Lipinski definition) is 4. The number of nitrogens with one attached hydrogen (secondary N) is 1. The summed E-state index contributed by atoms with van der Waals surface area (Å²) in [7, 11) is 0. The van der Waals surface area contributed by atoms with Crippen molar-refractivity contribution in [3.05, 3.63) is 103 Å². The number of piperazine rings is 1. The van der Waals surface area contributed by atoms with Crippen molar-refractivity contribution in [1.82, 2.24) is 50.0 Å². The molecule has 11 rings (SSSR count). The second-order valence-electron chi connectivity index (χ2n) is 21.6. The van der Waals surface area contributed by atoms with Crippen molar-refractivity contribution in [2.45, 2.75) is 127 Å². The number of rotatable bonds is 18. The van der Waals surface area contributed by atoms with Gasteiger partial charge in [0.25, 0.3) is 5.88 Å². The lowest BCUT2D eigenvalue weighted by molar-refractivity contribution is -0.141. The number of nitrogens with two attached hydrogens (primary N) is 1. The number of nitrogen functional groups attached to an aromatic ring is 1. The molecule has 0 radical (unpaired) electrons. The van der Waals surface area contributed by atoms with E-state index in [2.05, 4.69) is 62.5 Å². The van der Waals surface area contributed by atoms with Gasteiger partial charge in [-0.3, -0.25) is 19.1 Å². The number of anilines is 3. The number of phenolic OH excluding ortho intramolecular Hbond substituents is 1. The molecule has 6 atom stereocenters. The number of amides is 2. The highest BCUT2D eigenvalue weighted by molar-refractivity contribution is 5.91. The van der Waals surface area contributed by atoms with Gasteiger partial charge < -0.3 is 54.7 Å². The van der Waals surface area contributed by atoms with Crippen molar-refractivity contribution < 1.29 is 38.5 Å². The number of carbonyl (C=O) groups excluding carboxylic acids is 2. The molecule has 406 valence electrons. The van der Waals surface area contributed by atoms with Crippen molar-refractivity contribution in [1.29, 1.82) is 0 Å². The highest BCUT2D eigenvalue weighted by Crippen LogP contribution is 2.41. The Labute approximate surface area is 447 Å². The quantitative estimate of drug-likeness (QED) is 0.0817. The number of aromatic nitrogens is 7. The van der Waals surface area contributed by atoms with Gasteiger partial charge in [-0.25, -0.2) is 15.0 Å². The van der Waals surface area contributed by atoms with Gasteiger partial charge >= 0.3 is 0 Å². The summed E-state index contributed by atoms with van der Waals surface area (Å²) in [4.78, 5) is 50.0. The second-order valence-corrected chi connectivity index (χ2v) is 21.6. The van der Waals surface area contributed by atoms with Gasteiger partial charge in [-0.1, -0.05) is 32.0 Å². The largest absolute Gasteiger partial charge is 0.507 e. The van der Waals surface area contributed by atoms with E-state index < -0.39 is 18.1 Å². The van der Waals surface area contributed by atoms with E-state index in [-0.39, 0.29) is 72.9 Å². The van der Waals surface area contributed by atoms with Gasteiger partial charge in [0.2, 0.25) is 17.7 Å². The van der Waals surface area contributed by atoms with Crippen LogP contribution in [0.25, 0.3) is 17.1 Å². The van der Waals surface area contributed by atoms with Crippen molar-refractivity contribution >= 4 is 29.0 Å². The second kappa shape index (κ2) is 22.3. The Morgan fingerprint density at radius 2 is 1.66 bits per heavy atom. The maximum atomic E-state index is 14.2. The minimum absolute atomic E-state index is 0.0366. The predicted molar refractivity (Wildman–Crippen MR) is 286 cm³/mol. The van der Waals surface area contributed by atoms with Crippen LogP contribution in [-0.2, 0) is 14.3 Å². The Hall–Kier alpha value is -7.36. The number of β-amino-alcohol motifs (C(OH)–C–C–N with tert-alkyl or cyclic N) is 1. The standard InChI is InChI=1S/C56H69N13O8/c1-33(2)53(56(73)68-32-40(70)24-47(68)55(72)61-34(3)36-9-12-50(60-29-36)67-20-17-58-35(67)4)49-28-52(64-77-49)74-22-21-65-18-14-41(15-19-65)75-42-25-43(26-42)76-51-23-37(13-16-59-51)69-38-10-11-39(69)31-66(30-38)46-27-45(62-63-54(46)57)44-7-5-6-8-48(44)71/h5-9,12-13,16-17,20,23,27-29,33-34,38-43,47,53,70-71H,10-11,14-15,18-19,21-22,24-26,30-32H2,1-4H3,(H2,57,63)(H,61,72)/t34-,38+,39?,40+,42?,43?,47-,53+/m0/s1. The van der Waals surface area contributed by atoms with Crippen LogP contribution in [0.1, 0.15) is 94.8 Å². The van der Waals surface area contributed by atoms with E-state index in [4.69, 9.17) is 24.5 Å². The first-order chi connectivity index (χ1) is 37.3. The molecule has 21 nitrogen and oxygen atoms in total. The van der Waals surface area contributed by atoms with E-state index >= 15 is 0 Å². The molecule has 1 aliphatic carbocycles. The minimum Gasteiger partial charge on any atom is -0.507 e. The fourth-order valence-electron chi connectivity index (χ4n) is 11.8. The summed E-state index contributed by atoms with van der Waals surface area (Å²) in [5, 5.41) is 36.9. The first kappa shape index (κ1) is 51.7. The van der Waals surface area contributed by atoms with Crippen LogP contribution in [0.3, 0.4) is 0 Å². The van der Waals surface area contributed by atoms with Crippen molar-refractivity contribution in [2.24, 2.45) is 5.92 Å². The van der Waals surface area contributed by atoms with Crippen LogP contribution in [0, 0.1) is 12.8 Å². The number of aryl methyl sites for hydroxylation is 1. The molecule has 5 aromatic heterocycles. The molecule has 2 amide bonds. The number of fused-ring (bicyclic) bond motifs is 2. The molecule has 5 fully saturated rings. The van der Waals surface area contributed by atoms with Crippen LogP contribution < -0.4 is 30.3 Å². The van der Waals surface area contributed by atoms with E-state index in [1.165, 1.54) is 4.90 Å². The molecule has 9 heterocycles. The molecule has 1 saturated carbocycles. The van der Waals surface area contributed by atoms with E-state index in [9.17, 15) is 19.8 Å². The number of likely N-dealkylation sites (tertiary alicyclic amines) is 2. The summed E-state index contributed by atoms with van der Waals surface area (Å²) in [6, 6.07) is 18.0. The molecule has 5 N–H and O–H groups in total. The molecule has 4 saturated heterocycles. The first-order valence-corrected chi connectivity index (χ1v) is 27.1. The van der Waals surface area contributed by atoms with Crippen molar-refractivity contribution in [2.75, 3.05) is 61.4 Å². The smallest absolute Gasteiger partial charge is 0.254 e. The van der Waals surface area contributed by atoms with E-state index in [0.717, 1.165) is 93.3 Å².